The minimum atomic E-state index is -0.834. The molecule has 0 saturated carbocycles. The number of hydrogen-bond donors (Lipinski definition) is 1. The second kappa shape index (κ2) is 8.60. The van der Waals surface area contributed by atoms with Crippen molar-refractivity contribution >= 4 is 23.5 Å². The molecule has 8 heteroatoms. The predicted molar refractivity (Wildman–Crippen MR) is 103 cm³/mol. The van der Waals surface area contributed by atoms with Gasteiger partial charge in [-0.05, 0) is 38.4 Å². The van der Waals surface area contributed by atoms with Crippen LogP contribution in [0.5, 0.6) is 5.75 Å². The van der Waals surface area contributed by atoms with Crippen LogP contribution in [0.25, 0.3) is 0 Å². The standard InChI is InChI=1S/C20H27N3O5/c1-3-21(13-19(25)26)15-8-10-22(11-9-15)18(24)12-23-16-6-4-5-7-17(16)28-14(2)20(23)27/h4-7,14-15H,3,8-13H2,1-2H3,(H,25,26). The van der Waals surface area contributed by atoms with E-state index in [0.717, 1.165) is 12.8 Å². The number of carboxylic acid groups (broad SMARTS) is 1. The SMILES string of the molecule is CCN(CC(=O)O)C1CCN(C(=O)CN2C(=O)C(C)Oc3ccccc32)CC1. The van der Waals surface area contributed by atoms with Crippen molar-refractivity contribution in [1.29, 1.82) is 0 Å². The van der Waals surface area contributed by atoms with Crippen molar-refractivity contribution in [3.63, 3.8) is 0 Å². The summed E-state index contributed by atoms with van der Waals surface area (Å²) < 4.78 is 5.62. The highest BCUT2D eigenvalue weighted by atomic mass is 16.5. The van der Waals surface area contributed by atoms with E-state index >= 15 is 0 Å². The van der Waals surface area contributed by atoms with Crippen LogP contribution in [-0.4, -0.2) is 77.6 Å². The molecular formula is C20H27N3O5. The van der Waals surface area contributed by atoms with Crippen LogP contribution in [0.3, 0.4) is 0 Å². The Balaban J connectivity index is 1.62. The molecule has 0 radical (unpaired) electrons. The molecule has 28 heavy (non-hydrogen) atoms. The number of carbonyl (C=O) groups is 3. The molecule has 3 rings (SSSR count). The number of likely N-dealkylation sites (tertiary alicyclic amines) is 1. The molecule has 1 N–H and O–H groups in total. The minimum absolute atomic E-state index is 0.0131. The van der Waals surface area contributed by atoms with E-state index in [9.17, 15) is 14.4 Å². The lowest BCUT2D eigenvalue weighted by atomic mass is 10.0. The Morgan fingerprint density at radius 2 is 1.93 bits per heavy atom. The largest absolute Gasteiger partial charge is 0.480 e. The van der Waals surface area contributed by atoms with Gasteiger partial charge in [-0.1, -0.05) is 19.1 Å². The maximum absolute atomic E-state index is 12.8. The molecule has 1 unspecified atom stereocenters. The number of rotatable bonds is 6. The summed E-state index contributed by atoms with van der Waals surface area (Å²) in [5.41, 5.74) is 0.618. The number of nitrogens with zero attached hydrogens (tertiary/aromatic N) is 3. The van der Waals surface area contributed by atoms with Crippen molar-refractivity contribution in [1.82, 2.24) is 9.80 Å². The summed E-state index contributed by atoms with van der Waals surface area (Å²) in [4.78, 5) is 41.6. The quantitative estimate of drug-likeness (QED) is 0.786. The zero-order valence-electron chi connectivity index (χ0n) is 16.3. The van der Waals surface area contributed by atoms with Gasteiger partial charge in [0.15, 0.2) is 6.10 Å². The van der Waals surface area contributed by atoms with Gasteiger partial charge in [-0.3, -0.25) is 24.2 Å². The van der Waals surface area contributed by atoms with Gasteiger partial charge in [0.1, 0.15) is 12.3 Å². The molecule has 2 aliphatic rings. The van der Waals surface area contributed by atoms with Crippen LogP contribution in [0.2, 0.25) is 0 Å². The smallest absolute Gasteiger partial charge is 0.317 e. The molecule has 1 fully saturated rings. The number of benzene rings is 1. The van der Waals surface area contributed by atoms with E-state index < -0.39 is 12.1 Å². The van der Waals surface area contributed by atoms with Gasteiger partial charge in [0.05, 0.1) is 12.2 Å². The molecule has 8 nitrogen and oxygen atoms in total. The van der Waals surface area contributed by atoms with Gasteiger partial charge in [-0.15, -0.1) is 0 Å². The second-order valence-corrected chi connectivity index (χ2v) is 7.22. The van der Waals surface area contributed by atoms with Crippen LogP contribution < -0.4 is 9.64 Å². The third-order valence-corrected chi connectivity index (χ3v) is 5.45. The summed E-state index contributed by atoms with van der Waals surface area (Å²) in [6.07, 6.45) is 0.843. The van der Waals surface area contributed by atoms with Crippen LogP contribution in [0.4, 0.5) is 5.69 Å². The number of aliphatic carboxylic acids is 1. The third-order valence-electron chi connectivity index (χ3n) is 5.45. The van der Waals surface area contributed by atoms with Gasteiger partial charge in [-0.2, -0.15) is 0 Å². The summed E-state index contributed by atoms with van der Waals surface area (Å²) in [6, 6.07) is 7.39. The lowest BCUT2D eigenvalue weighted by Crippen LogP contribution is -2.52. The molecule has 0 bridgehead atoms. The monoisotopic (exact) mass is 389 g/mol. The first-order chi connectivity index (χ1) is 13.4. The van der Waals surface area contributed by atoms with E-state index in [2.05, 4.69) is 0 Å². The van der Waals surface area contributed by atoms with E-state index in [0.29, 0.717) is 31.1 Å². The minimum Gasteiger partial charge on any atom is -0.480 e. The fraction of sp³-hybridized carbons (Fsp3) is 0.550. The topological polar surface area (TPSA) is 90.4 Å². The summed E-state index contributed by atoms with van der Waals surface area (Å²) in [7, 11) is 0. The Hall–Kier alpha value is -2.61. The molecule has 1 aromatic rings. The lowest BCUT2D eigenvalue weighted by molar-refractivity contribution is -0.140. The molecule has 1 saturated heterocycles. The molecule has 0 spiro atoms. The van der Waals surface area contributed by atoms with Gasteiger partial charge in [-0.25, -0.2) is 0 Å². The maximum atomic E-state index is 12.8. The van der Waals surface area contributed by atoms with E-state index in [1.165, 1.54) is 4.90 Å². The molecule has 2 amide bonds. The second-order valence-electron chi connectivity index (χ2n) is 7.22. The normalized spacial score (nSPS) is 20.1. The van der Waals surface area contributed by atoms with E-state index in [1.807, 2.05) is 24.0 Å². The molecule has 2 heterocycles. The maximum Gasteiger partial charge on any atom is 0.317 e. The first-order valence-electron chi connectivity index (χ1n) is 9.71. The Labute approximate surface area is 164 Å². The first-order valence-corrected chi connectivity index (χ1v) is 9.71. The van der Waals surface area contributed by atoms with Crippen LogP contribution in [0.15, 0.2) is 24.3 Å². The Kier molecular flexibility index (Phi) is 6.18. The van der Waals surface area contributed by atoms with Gasteiger partial charge >= 0.3 is 5.97 Å². The van der Waals surface area contributed by atoms with Gasteiger partial charge in [0, 0.05) is 19.1 Å². The fourth-order valence-electron chi connectivity index (χ4n) is 3.91. The van der Waals surface area contributed by atoms with Gasteiger partial charge < -0.3 is 14.7 Å². The molecular weight excluding hydrogens is 362 g/mol. The fourth-order valence-corrected chi connectivity index (χ4v) is 3.91. The lowest BCUT2D eigenvalue weighted by Gasteiger charge is -2.39. The molecule has 152 valence electrons. The number of carbonyl (C=O) groups excluding carboxylic acids is 2. The van der Waals surface area contributed by atoms with Crippen molar-refractivity contribution < 1.29 is 24.2 Å². The highest BCUT2D eigenvalue weighted by Crippen LogP contribution is 2.33. The number of piperidine rings is 1. The highest BCUT2D eigenvalue weighted by molar-refractivity contribution is 6.03. The number of para-hydroxylation sites is 2. The summed E-state index contributed by atoms with van der Waals surface area (Å²) in [5.74, 6) is -0.551. The Morgan fingerprint density at radius 1 is 1.25 bits per heavy atom. The average Bonchev–Trinajstić information content (AvgIpc) is 2.69. The number of amides is 2. The zero-order chi connectivity index (χ0) is 20.3. The predicted octanol–water partition coefficient (Wildman–Crippen LogP) is 1.20. The molecule has 0 aromatic heterocycles. The first kappa shape index (κ1) is 20.1. The van der Waals surface area contributed by atoms with Crippen molar-refractivity contribution in [2.45, 2.75) is 38.8 Å². The Bertz CT molecular complexity index is 745. The van der Waals surface area contributed by atoms with Gasteiger partial charge in [0.25, 0.3) is 5.91 Å². The van der Waals surface area contributed by atoms with Crippen molar-refractivity contribution in [3.05, 3.63) is 24.3 Å². The van der Waals surface area contributed by atoms with E-state index in [1.54, 1.807) is 24.0 Å². The molecule has 1 aromatic carbocycles. The van der Waals surface area contributed by atoms with Crippen LogP contribution in [-0.2, 0) is 14.4 Å². The van der Waals surface area contributed by atoms with E-state index in [4.69, 9.17) is 9.84 Å². The van der Waals surface area contributed by atoms with Crippen molar-refractivity contribution in [2.75, 3.05) is 37.6 Å². The number of carboxylic acids is 1. The molecule has 2 aliphatic heterocycles. The zero-order valence-corrected chi connectivity index (χ0v) is 16.3. The number of anilines is 1. The van der Waals surface area contributed by atoms with Crippen molar-refractivity contribution in [2.24, 2.45) is 0 Å². The number of fused-ring (bicyclic) bond motifs is 1. The number of hydrogen-bond acceptors (Lipinski definition) is 5. The molecule has 0 aliphatic carbocycles. The summed E-state index contributed by atoms with van der Waals surface area (Å²) >= 11 is 0. The van der Waals surface area contributed by atoms with Gasteiger partial charge in [0.2, 0.25) is 5.91 Å². The highest BCUT2D eigenvalue weighted by Gasteiger charge is 2.34. The van der Waals surface area contributed by atoms with E-state index in [-0.39, 0.29) is 30.9 Å². The Morgan fingerprint density at radius 3 is 2.57 bits per heavy atom. The number of likely N-dealkylation sites (N-methyl/N-ethyl adjacent to an activating group) is 1. The van der Waals surface area contributed by atoms with Crippen LogP contribution >= 0.6 is 0 Å². The summed E-state index contributed by atoms with van der Waals surface area (Å²) in [6.45, 7) is 5.44. The van der Waals surface area contributed by atoms with Crippen LogP contribution in [0.1, 0.15) is 26.7 Å². The van der Waals surface area contributed by atoms with Crippen LogP contribution in [0, 0.1) is 0 Å². The summed E-state index contributed by atoms with van der Waals surface area (Å²) in [5, 5.41) is 9.04. The number of ether oxygens (including phenoxy) is 1. The average molecular weight is 389 g/mol. The van der Waals surface area contributed by atoms with Crippen molar-refractivity contribution in [3.8, 4) is 5.75 Å². The third kappa shape index (κ3) is 4.27. The molecule has 1 atom stereocenters.